The van der Waals surface area contributed by atoms with Gasteiger partial charge in [0.15, 0.2) is 11.3 Å². The maximum absolute atomic E-state index is 14.5. The average molecular weight is 891 g/mol. The van der Waals surface area contributed by atoms with Crippen molar-refractivity contribution in [3.05, 3.63) is 94.3 Å². The Kier molecular flexibility index (Phi) is 12.4. The third-order valence-electron chi connectivity index (χ3n) is 13.1. The molecule has 0 saturated heterocycles. The van der Waals surface area contributed by atoms with Gasteiger partial charge in [-0.2, -0.15) is 0 Å². The lowest BCUT2D eigenvalue weighted by Crippen LogP contribution is -2.35. The van der Waals surface area contributed by atoms with Crippen molar-refractivity contribution in [1.82, 2.24) is 57.3 Å². The van der Waals surface area contributed by atoms with Crippen molar-refractivity contribution in [2.24, 2.45) is 14.1 Å². The van der Waals surface area contributed by atoms with E-state index in [1.54, 1.807) is 110 Å². The number of allylic oxidation sites excluding steroid dienone is 1. The van der Waals surface area contributed by atoms with Gasteiger partial charge in [-0.25, -0.2) is 28.4 Å². The number of hydrogen-bond donors (Lipinski definition) is 2. The SMILES string of the molecule is C=CC(=O)N(C)C1CCC(n2cc(Nc3cn(C)nc3OC)c3ncc(C(C)C/C=C/C(=O)N(C)C4CCC(n5cc(Nc6cn(C)nc6OC)c6ncc(CC)n6c5=O)C4)n3c2=O)C1. The zero-order chi connectivity index (χ0) is 46.3. The van der Waals surface area contributed by atoms with Gasteiger partial charge in [-0.05, 0) is 63.5 Å². The predicted octanol–water partition coefficient (Wildman–Crippen LogP) is 4.88. The number of imidazole rings is 2. The molecular formula is C45H58N14O6. The molecule has 2 fully saturated rings. The standard InChI is InChI=1S/C45H58N14O6/c1-10-28-21-46-40-33(48-35-23-52(4)50-42(35)64-8)25-56(44(62)58(28)40)31-18-16-30(20-31)55(7)39(61)14-12-13-27(3)37-22-47-41-34(49-36-24-53(5)51-43(36)65-9)26-57(45(63)59(37)41)32-17-15-29(19-32)54(6)38(60)11-2/h11-12,14,21-27,29-32,48-49H,2,10,13,15-20H2,1,3-9H3/b14-12+. The summed E-state index contributed by atoms with van der Waals surface area (Å²) in [5.41, 5.74) is 4.53. The number of likely N-dealkylation sites (N-methyl/N-ethyl adjacent to an activating group) is 2. The van der Waals surface area contributed by atoms with Gasteiger partial charge in [0, 0.05) is 88.8 Å². The number of nitrogens with zero attached hydrogens (tertiary/aromatic N) is 12. The van der Waals surface area contributed by atoms with Crippen LogP contribution in [0.1, 0.15) is 88.2 Å². The number of fused-ring (bicyclic) bond motifs is 2. The first-order valence-electron chi connectivity index (χ1n) is 22.0. The molecule has 0 aromatic carbocycles. The van der Waals surface area contributed by atoms with E-state index in [2.05, 4.69) is 32.4 Å². The smallest absolute Gasteiger partial charge is 0.334 e. The first kappa shape index (κ1) is 44.5. The molecule has 8 rings (SSSR count). The summed E-state index contributed by atoms with van der Waals surface area (Å²) in [6.07, 6.45) is 20.6. The molecule has 2 aliphatic rings. The lowest BCUT2D eigenvalue weighted by atomic mass is 10.0. The molecule has 65 heavy (non-hydrogen) atoms. The summed E-state index contributed by atoms with van der Waals surface area (Å²) in [6, 6.07) is -0.449. The number of carbonyl (C=O) groups is 2. The molecule has 344 valence electrons. The second-order valence-corrected chi connectivity index (χ2v) is 17.2. The lowest BCUT2D eigenvalue weighted by molar-refractivity contribution is -0.127. The zero-order valence-electron chi connectivity index (χ0n) is 38.3. The number of methoxy groups -OCH3 is 2. The zero-order valence-corrected chi connectivity index (χ0v) is 38.3. The minimum Gasteiger partial charge on any atom is -0.478 e. The van der Waals surface area contributed by atoms with E-state index in [9.17, 15) is 19.2 Å². The molecule has 6 heterocycles. The van der Waals surface area contributed by atoms with E-state index in [1.807, 2.05) is 32.3 Å². The molecule has 2 saturated carbocycles. The maximum atomic E-state index is 14.5. The third kappa shape index (κ3) is 8.39. The minimum atomic E-state index is -0.237. The van der Waals surface area contributed by atoms with E-state index in [4.69, 9.17) is 14.5 Å². The van der Waals surface area contributed by atoms with E-state index in [0.717, 1.165) is 18.5 Å². The van der Waals surface area contributed by atoms with Crippen LogP contribution in [0, 0.1) is 0 Å². The Morgan fingerprint density at radius 1 is 0.785 bits per heavy atom. The second-order valence-electron chi connectivity index (χ2n) is 17.2. The first-order valence-corrected chi connectivity index (χ1v) is 22.0. The van der Waals surface area contributed by atoms with E-state index in [1.165, 1.54) is 6.08 Å². The Balaban J connectivity index is 1.000. The van der Waals surface area contributed by atoms with E-state index in [-0.39, 0.29) is 53.3 Å². The van der Waals surface area contributed by atoms with E-state index in [0.29, 0.717) is 90.0 Å². The molecule has 5 atom stereocenters. The van der Waals surface area contributed by atoms with Gasteiger partial charge in [0.1, 0.15) is 11.4 Å². The highest BCUT2D eigenvalue weighted by Crippen LogP contribution is 2.37. The van der Waals surface area contributed by atoms with Crippen LogP contribution in [0.15, 0.2) is 71.6 Å². The number of anilines is 4. The molecule has 20 nitrogen and oxygen atoms in total. The highest BCUT2D eigenvalue weighted by atomic mass is 16.5. The van der Waals surface area contributed by atoms with Gasteiger partial charge >= 0.3 is 11.4 Å². The average Bonchev–Trinajstić information content (AvgIpc) is 4.17. The van der Waals surface area contributed by atoms with Crippen molar-refractivity contribution < 1.29 is 19.1 Å². The van der Waals surface area contributed by atoms with Gasteiger partial charge in [-0.15, -0.1) is 10.2 Å². The van der Waals surface area contributed by atoms with Crippen molar-refractivity contribution >= 4 is 45.9 Å². The van der Waals surface area contributed by atoms with Crippen molar-refractivity contribution in [3.63, 3.8) is 0 Å². The Bertz CT molecular complexity index is 2910. The largest absolute Gasteiger partial charge is 0.478 e. The number of amides is 2. The molecule has 5 unspecified atom stereocenters. The summed E-state index contributed by atoms with van der Waals surface area (Å²) < 4.78 is 21.1. The monoisotopic (exact) mass is 890 g/mol. The quantitative estimate of drug-likeness (QED) is 0.125. The highest BCUT2D eigenvalue weighted by Gasteiger charge is 2.34. The maximum Gasteiger partial charge on any atom is 0.334 e. The number of aromatic nitrogens is 10. The fourth-order valence-corrected chi connectivity index (χ4v) is 9.47. The van der Waals surface area contributed by atoms with Gasteiger partial charge < -0.3 is 29.9 Å². The molecular weight excluding hydrogens is 833 g/mol. The predicted molar refractivity (Wildman–Crippen MR) is 246 cm³/mol. The van der Waals surface area contributed by atoms with Crippen LogP contribution in [0.3, 0.4) is 0 Å². The number of carbonyl (C=O) groups excluding carboxylic acids is 2. The molecule has 6 aromatic heterocycles. The van der Waals surface area contributed by atoms with Crippen LogP contribution in [0.4, 0.5) is 22.7 Å². The second kappa shape index (κ2) is 18.2. The molecule has 0 spiro atoms. The molecule has 20 heteroatoms. The summed E-state index contributed by atoms with van der Waals surface area (Å²) in [5, 5.41) is 15.5. The molecule has 2 aliphatic carbocycles. The third-order valence-corrected chi connectivity index (χ3v) is 13.1. The van der Waals surface area contributed by atoms with Gasteiger partial charge in [0.05, 0.1) is 43.7 Å². The molecule has 0 radical (unpaired) electrons. The number of nitrogens with one attached hydrogen (secondary N) is 2. The summed E-state index contributed by atoms with van der Waals surface area (Å²) in [7, 11) is 10.3. The number of ether oxygens (including phenoxy) is 2. The molecule has 2 N–H and O–H groups in total. The number of hydrogen-bond acceptors (Lipinski definition) is 12. The van der Waals surface area contributed by atoms with Crippen LogP contribution in [0.25, 0.3) is 11.3 Å². The van der Waals surface area contributed by atoms with Gasteiger partial charge in [-0.1, -0.05) is 26.5 Å². The molecule has 0 bridgehead atoms. The molecule has 6 aromatic rings. The minimum absolute atomic E-state index is 0.0400. The number of aryl methyl sites for hydroxylation is 3. The molecule has 0 aliphatic heterocycles. The summed E-state index contributed by atoms with van der Waals surface area (Å²) in [6.45, 7) is 7.64. The van der Waals surface area contributed by atoms with Crippen LogP contribution >= 0.6 is 0 Å². The van der Waals surface area contributed by atoms with Crippen LogP contribution in [0.2, 0.25) is 0 Å². The fraction of sp³-hybridized carbons (Fsp3) is 0.467. The van der Waals surface area contributed by atoms with Crippen LogP contribution in [-0.2, 0) is 30.1 Å². The van der Waals surface area contributed by atoms with E-state index >= 15 is 0 Å². The Labute approximate surface area is 375 Å². The topological polar surface area (TPSA) is 197 Å². The summed E-state index contributed by atoms with van der Waals surface area (Å²) in [4.78, 5) is 67.5. The van der Waals surface area contributed by atoms with Crippen molar-refractivity contribution in [1.29, 1.82) is 0 Å². The fourth-order valence-electron chi connectivity index (χ4n) is 9.47. The highest BCUT2D eigenvalue weighted by molar-refractivity contribution is 5.88. The first-order chi connectivity index (χ1) is 31.2. The normalized spacial score (nSPS) is 19.0. The van der Waals surface area contributed by atoms with Crippen molar-refractivity contribution in [2.75, 3.05) is 38.9 Å². The number of rotatable bonds is 16. The Hall–Kier alpha value is -7.12. The van der Waals surface area contributed by atoms with Crippen molar-refractivity contribution in [2.45, 2.75) is 95.3 Å². The van der Waals surface area contributed by atoms with Crippen molar-refractivity contribution in [3.8, 4) is 11.8 Å². The summed E-state index contributed by atoms with van der Waals surface area (Å²) >= 11 is 0. The summed E-state index contributed by atoms with van der Waals surface area (Å²) in [5.74, 6) is 0.314. The Morgan fingerprint density at radius 3 is 1.82 bits per heavy atom. The lowest BCUT2D eigenvalue weighted by Gasteiger charge is -2.24. The van der Waals surface area contributed by atoms with Gasteiger partial charge in [0.2, 0.25) is 11.8 Å². The van der Waals surface area contributed by atoms with E-state index < -0.39 is 0 Å². The van der Waals surface area contributed by atoms with Gasteiger partial charge in [0.25, 0.3) is 11.8 Å². The van der Waals surface area contributed by atoms with Crippen LogP contribution < -0.4 is 31.5 Å². The van der Waals surface area contributed by atoms with Crippen LogP contribution in [-0.4, -0.2) is 109 Å². The Morgan fingerprint density at radius 2 is 1.29 bits per heavy atom. The van der Waals surface area contributed by atoms with Crippen LogP contribution in [0.5, 0.6) is 11.8 Å². The van der Waals surface area contributed by atoms with Gasteiger partial charge in [-0.3, -0.25) is 28.1 Å². The molecule has 2 amide bonds.